The second kappa shape index (κ2) is 6.20. The molecule has 2 aromatic rings. The number of anilines is 1. The number of fused-ring (bicyclic) bond motifs is 1. The third-order valence-electron chi connectivity index (χ3n) is 4.02. The quantitative estimate of drug-likeness (QED) is 0.869. The van der Waals surface area contributed by atoms with E-state index in [0.29, 0.717) is 11.8 Å². The first-order chi connectivity index (χ1) is 9.86. The predicted molar refractivity (Wildman–Crippen MR) is 79.9 cm³/mol. The predicted octanol–water partition coefficient (Wildman–Crippen LogP) is 3.21. The number of nitrogens with one attached hydrogen (secondary N) is 1. The van der Waals surface area contributed by atoms with E-state index < -0.39 is 0 Å². The van der Waals surface area contributed by atoms with E-state index in [1.165, 1.54) is 38.5 Å². The number of aromatic nitrogens is 4. The lowest BCUT2D eigenvalue weighted by molar-refractivity contribution is 0.614. The van der Waals surface area contributed by atoms with Crippen molar-refractivity contribution in [1.82, 2.24) is 19.6 Å². The standard InChI is InChI=1S/C15H23N5/c1-2-7-13-10-14(20-15(19-13)16-11-17-20)18-12-8-5-3-4-6-9-12/h10-12,18H,2-9H2,1H3. The Morgan fingerprint density at radius 2 is 2.05 bits per heavy atom. The van der Waals surface area contributed by atoms with E-state index in [1.54, 1.807) is 6.33 Å². The highest BCUT2D eigenvalue weighted by Crippen LogP contribution is 2.21. The summed E-state index contributed by atoms with van der Waals surface area (Å²) < 4.78 is 1.82. The minimum absolute atomic E-state index is 0.557. The molecule has 1 N–H and O–H groups in total. The third kappa shape index (κ3) is 2.92. The van der Waals surface area contributed by atoms with Gasteiger partial charge in [0.25, 0.3) is 5.78 Å². The number of aryl methyl sites for hydroxylation is 1. The zero-order valence-corrected chi connectivity index (χ0v) is 12.2. The number of nitrogens with zero attached hydrogens (tertiary/aromatic N) is 4. The summed E-state index contributed by atoms with van der Waals surface area (Å²) in [5.74, 6) is 1.75. The van der Waals surface area contributed by atoms with Gasteiger partial charge in [0.05, 0.1) is 0 Å². The molecule has 0 unspecified atom stereocenters. The van der Waals surface area contributed by atoms with Crippen molar-refractivity contribution in [2.75, 3.05) is 5.32 Å². The Morgan fingerprint density at radius 1 is 1.25 bits per heavy atom. The van der Waals surface area contributed by atoms with Gasteiger partial charge in [0.1, 0.15) is 12.1 Å². The summed E-state index contributed by atoms with van der Waals surface area (Å²) in [7, 11) is 0. The van der Waals surface area contributed by atoms with Gasteiger partial charge in [-0.05, 0) is 19.3 Å². The van der Waals surface area contributed by atoms with E-state index >= 15 is 0 Å². The van der Waals surface area contributed by atoms with Crippen molar-refractivity contribution in [2.45, 2.75) is 64.3 Å². The average Bonchev–Trinajstić information content (AvgIpc) is 2.77. The second-order valence-electron chi connectivity index (χ2n) is 5.69. The fourth-order valence-electron chi connectivity index (χ4n) is 2.98. The van der Waals surface area contributed by atoms with Crippen LogP contribution in [0.5, 0.6) is 0 Å². The van der Waals surface area contributed by atoms with E-state index in [9.17, 15) is 0 Å². The topological polar surface area (TPSA) is 55.1 Å². The molecule has 0 saturated heterocycles. The lowest BCUT2D eigenvalue weighted by atomic mass is 10.1. The van der Waals surface area contributed by atoms with Crippen LogP contribution in [-0.2, 0) is 6.42 Å². The zero-order valence-electron chi connectivity index (χ0n) is 12.2. The lowest BCUT2D eigenvalue weighted by Crippen LogP contribution is -2.20. The van der Waals surface area contributed by atoms with Crippen LogP contribution in [0, 0.1) is 0 Å². The van der Waals surface area contributed by atoms with Gasteiger partial charge >= 0.3 is 0 Å². The fraction of sp³-hybridized carbons (Fsp3) is 0.667. The van der Waals surface area contributed by atoms with Crippen LogP contribution in [-0.4, -0.2) is 25.6 Å². The molecule has 1 fully saturated rings. The second-order valence-corrected chi connectivity index (χ2v) is 5.69. The molecular weight excluding hydrogens is 250 g/mol. The average molecular weight is 273 g/mol. The summed E-state index contributed by atoms with van der Waals surface area (Å²) in [5, 5.41) is 7.96. The molecule has 2 aromatic heterocycles. The molecular formula is C15H23N5. The van der Waals surface area contributed by atoms with Crippen LogP contribution in [0.25, 0.3) is 5.78 Å². The number of rotatable bonds is 4. The molecule has 1 saturated carbocycles. The highest BCUT2D eigenvalue weighted by molar-refractivity contribution is 5.45. The Hall–Kier alpha value is -1.65. The molecule has 1 aliphatic carbocycles. The molecule has 5 heteroatoms. The van der Waals surface area contributed by atoms with Crippen molar-refractivity contribution in [2.24, 2.45) is 0 Å². The van der Waals surface area contributed by atoms with Crippen LogP contribution in [0.1, 0.15) is 57.6 Å². The summed E-state index contributed by atoms with van der Waals surface area (Å²) in [6.07, 6.45) is 11.6. The van der Waals surface area contributed by atoms with Crippen LogP contribution in [0.2, 0.25) is 0 Å². The first kappa shape index (κ1) is 13.3. The Kier molecular flexibility index (Phi) is 4.14. The highest BCUT2D eigenvalue weighted by Gasteiger charge is 2.15. The van der Waals surface area contributed by atoms with E-state index in [-0.39, 0.29) is 0 Å². The largest absolute Gasteiger partial charge is 0.367 e. The van der Waals surface area contributed by atoms with E-state index in [4.69, 9.17) is 0 Å². The van der Waals surface area contributed by atoms with Crippen LogP contribution >= 0.6 is 0 Å². The van der Waals surface area contributed by atoms with Crippen molar-refractivity contribution in [1.29, 1.82) is 0 Å². The van der Waals surface area contributed by atoms with Gasteiger partial charge in [-0.15, -0.1) is 0 Å². The van der Waals surface area contributed by atoms with Crippen molar-refractivity contribution in [3.05, 3.63) is 18.1 Å². The number of hydrogen-bond acceptors (Lipinski definition) is 4. The molecule has 0 aromatic carbocycles. The van der Waals surface area contributed by atoms with Crippen molar-refractivity contribution >= 4 is 11.6 Å². The molecule has 0 atom stereocenters. The van der Waals surface area contributed by atoms with E-state index in [0.717, 1.165) is 24.4 Å². The molecule has 2 heterocycles. The third-order valence-corrected chi connectivity index (χ3v) is 4.02. The summed E-state index contributed by atoms with van der Waals surface area (Å²) in [5.41, 5.74) is 1.10. The minimum atomic E-state index is 0.557. The van der Waals surface area contributed by atoms with Gasteiger partial charge < -0.3 is 5.32 Å². The number of hydrogen-bond donors (Lipinski definition) is 1. The summed E-state index contributed by atoms with van der Waals surface area (Å²) in [4.78, 5) is 8.78. The van der Waals surface area contributed by atoms with Crippen LogP contribution in [0.3, 0.4) is 0 Å². The maximum absolute atomic E-state index is 4.55. The molecule has 0 bridgehead atoms. The Labute approximate surface area is 119 Å². The maximum atomic E-state index is 4.55. The van der Waals surface area contributed by atoms with Crippen LogP contribution in [0.4, 0.5) is 5.82 Å². The Bertz CT molecular complexity index is 554. The van der Waals surface area contributed by atoms with Gasteiger partial charge in [0.15, 0.2) is 0 Å². The van der Waals surface area contributed by atoms with Gasteiger partial charge in [0.2, 0.25) is 0 Å². The fourth-order valence-corrected chi connectivity index (χ4v) is 2.98. The first-order valence-corrected chi connectivity index (χ1v) is 7.83. The molecule has 3 rings (SSSR count). The molecule has 0 aliphatic heterocycles. The van der Waals surface area contributed by atoms with Crippen molar-refractivity contribution in [3.63, 3.8) is 0 Å². The molecule has 5 nitrogen and oxygen atoms in total. The Balaban J connectivity index is 1.86. The van der Waals surface area contributed by atoms with Crippen LogP contribution < -0.4 is 5.32 Å². The van der Waals surface area contributed by atoms with Gasteiger partial charge in [-0.25, -0.2) is 4.98 Å². The van der Waals surface area contributed by atoms with E-state index in [1.807, 2.05) is 4.52 Å². The summed E-state index contributed by atoms with van der Waals surface area (Å²) in [6, 6.07) is 2.69. The zero-order chi connectivity index (χ0) is 13.8. The highest BCUT2D eigenvalue weighted by atomic mass is 15.4. The molecule has 108 valence electrons. The van der Waals surface area contributed by atoms with Gasteiger partial charge in [-0.2, -0.15) is 14.6 Å². The molecule has 0 radical (unpaired) electrons. The Morgan fingerprint density at radius 3 is 2.80 bits per heavy atom. The molecule has 0 spiro atoms. The lowest BCUT2D eigenvalue weighted by Gasteiger charge is -2.18. The van der Waals surface area contributed by atoms with E-state index in [2.05, 4.69) is 33.4 Å². The SMILES string of the molecule is CCCc1cc(NC2CCCCCC2)n2ncnc2n1. The normalized spacial score (nSPS) is 17.2. The van der Waals surface area contributed by atoms with Gasteiger partial charge in [-0.1, -0.05) is 39.0 Å². The molecule has 1 aliphatic rings. The smallest absolute Gasteiger partial charge is 0.254 e. The van der Waals surface area contributed by atoms with Crippen LogP contribution in [0.15, 0.2) is 12.4 Å². The molecule has 20 heavy (non-hydrogen) atoms. The van der Waals surface area contributed by atoms with Crippen molar-refractivity contribution < 1.29 is 0 Å². The molecule has 0 amide bonds. The summed E-state index contributed by atoms with van der Waals surface area (Å²) in [6.45, 7) is 2.17. The minimum Gasteiger partial charge on any atom is -0.367 e. The monoisotopic (exact) mass is 273 g/mol. The van der Waals surface area contributed by atoms with Crippen molar-refractivity contribution in [3.8, 4) is 0 Å². The maximum Gasteiger partial charge on any atom is 0.254 e. The van der Waals surface area contributed by atoms with Gasteiger partial charge in [0, 0.05) is 17.8 Å². The summed E-state index contributed by atoms with van der Waals surface area (Å²) >= 11 is 0. The first-order valence-electron chi connectivity index (χ1n) is 7.83. The van der Waals surface area contributed by atoms with Gasteiger partial charge in [-0.3, -0.25) is 0 Å².